The van der Waals surface area contributed by atoms with Gasteiger partial charge < -0.3 is 10.2 Å². The number of hydrogen-bond acceptors (Lipinski definition) is 6. The number of aromatic nitrogens is 2. The minimum absolute atomic E-state index is 0.0923. The molecular formula is C18H24N4OS2. The number of rotatable bonds is 8. The third-order valence-electron chi connectivity index (χ3n) is 3.77. The molecule has 1 heterocycles. The lowest BCUT2D eigenvalue weighted by molar-refractivity contribution is -0.127. The summed E-state index contributed by atoms with van der Waals surface area (Å²) in [5.74, 6) is 0.453. The molecule has 1 aromatic heterocycles. The SMILES string of the molecule is C=C(C)CN(CC)C(=O)CSc1nnc(Nc2cccc(C)c2C)s1. The van der Waals surface area contributed by atoms with Gasteiger partial charge in [-0.2, -0.15) is 0 Å². The number of nitrogens with one attached hydrogen (secondary N) is 1. The van der Waals surface area contributed by atoms with Crippen LogP contribution in [0, 0.1) is 13.8 Å². The van der Waals surface area contributed by atoms with Crippen molar-refractivity contribution < 1.29 is 4.79 Å². The van der Waals surface area contributed by atoms with Crippen LogP contribution in [0.15, 0.2) is 34.7 Å². The molecule has 0 aliphatic rings. The van der Waals surface area contributed by atoms with Crippen molar-refractivity contribution in [2.75, 3.05) is 24.2 Å². The number of hydrogen-bond donors (Lipinski definition) is 1. The number of carbonyl (C=O) groups excluding carboxylic acids is 1. The molecule has 1 amide bonds. The zero-order valence-corrected chi connectivity index (χ0v) is 16.8. The molecule has 0 radical (unpaired) electrons. The molecule has 5 nitrogen and oxygen atoms in total. The number of thioether (sulfide) groups is 1. The van der Waals surface area contributed by atoms with Gasteiger partial charge in [0, 0.05) is 18.8 Å². The molecule has 0 fully saturated rings. The lowest BCUT2D eigenvalue weighted by atomic mass is 10.1. The lowest BCUT2D eigenvalue weighted by Gasteiger charge is -2.20. The largest absolute Gasteiger partial charge is 0.338 e. The number of carbonyl (C=O) groups is 1. The highest BCUT2D eigenvalue weighted by atomic mass is 32.2. The Labute approximate surface area is 157 Å². The molecule has 0 aliphatic heterocycles. The van der Waals surface area contributed by atoms with Gasteiger partial charge >= 0.3 is 0 Å². The fourth-order valence-corrected chi connectivity index (χ4v) is 3.90. The molecule has 0 spiro atoms. The van der Waals surface area contributed by atoms with Gasteiger partial charge in [-0.1, -0.05) is 47.4 Å². The van der Waals surface area contributed by atoms with Crippen molar-refractivity contribution in [1.29, 1.82) is 0 Å². The third-order valence-corrected chi connectivity index (χ3v) is 5.72. The van der Waals surface area contributed by atoms with E-state index in [1.54, 1.807) is 4.90 Å². The van der Waals surface area contributed by atoms with E-state index in [2.05, 4.69) is 42.0 Å². The normalized spacial score (nSPS) is 10.6. The number of amides is 1. The first-order valence-electron chi connectivity index (χ1n) is 8.12. The predicted molar refractivity (Wildman–Crippen MR) is 107 cm³/mol. The zero-order valence-electron chi connectivity index (χ0n) is 15.1. The van der Waals surface area contributed by atoms with Crippen molar-refractivity contribution in [1.82, 2.24) is 15.1 Å². The minimum Gasteiger partial charge on any atom is -0.338 e. The first kappa shape index (κ1) is 19.5. The lowest BCUT2D eigenvalue weighted by Crippen LogP contribution is -2.33. The van der Waals surface area contributed by atoms with Crippen LogP contribution in [0.25, 0.3) is 0 Å². The molecule has 0 bridgehead atoms. The van der Waals surface area contributed by atoms with Gasteiger partial charge in [-0.05, 0) is 44.9 Å². The summed E-state index contributed by atoms with van der Waals surface area (Å²) in [6.07, 6.45) is 0. The second-order valence-electron chi connectivity index (χ2n) is 5.90. The van der Waals surface area contributed by atoms with Crippen molar-refractivity contribution in [3.63, 3.8) is 0 Å². The fraction of sp³-hybridized carbons (Fsp3) is 0.389. The van der Waals surface area contributed by atoms with Gasteiger partial charge in [0.05, 0.1) is 5.75 Å². The first-order valence-corrected chi connectivity index (χ1v) is 9.92. The Kier molecular flexibility index (Phi) is 7.01. The average Bonchev–Trinajstić information content (AvgIpc) is 3.02. The van der Waals surface area contributed by atoms with E-state index in [1.165, 1.54) is 34.2 Å². The highest BCUT2D eigenvalue weighted by Crippen LogP contribution is 2.29. The molecule has 0 aliphatic carbocycles. The molecule has 1 aromatic carbocycles. The maximum absolute atomic E-state index is 12.3. The van der Waals surface area contributed by atoms with Crippen molar-refractivity contribution in [3.8, 4) is 0 Å². The Balaban J connectivity index is 1.94. The van der Waals surface area contributed by atoms with Gasteiger partial charge in [-0.3, -0.25) is 4.79 Å². The third kappa shape index (κ3) is 5.57. The van der Waals surface area contributed by atoms with Gasteiger partial charge in [-0.25, -0.2) is 0 Å². The average molecular weight is 377 g/mol. The number of nitrogens with zero attached hydrogens (tertiary/aromatic N) is 3. The summed E-state index contributed by atoms with van der Waals surface area (Å²) in [5.41, 5.74) is 4.44. The van der Waals surface area contributed by atoms with E-state index in [0.717, 1.165) is 20.7 Å². The quantitative estimate of drug-likeness (QED) is 0.546. The number of benzene rings is 1. The van der Waals surface area contributed by atoms with Crippen molar-refractivity contribution in [2.45, 2.75) is 32.0 Å². The van der Waals surface area contributed by atoms with E-state index < -0.39 is 0 Å². The molecule has 25 heavy (non-hydrogen) atoms. The molecule has 0 saturated heterocycles. The summed E-state index contributed by atoms with van der Waals surface area (Å²) in [5, 5.41) is 12.4. The maximum atomic E-state index is 12.3. The highest BCUT2D eigenvalue weighted by molar-refractivity contribution is 8.01. The Bertz CT molecular complexity index is 757. The summed E-state index contributed by atoms with van der Waals surface area (Å²) in [7, 11) is 0. The van der Waals surface area contributed by atoms with Crippen LogP contribution in [0.4, 0.5) is 10.8 Å². The fourth-order valence-electron chi connectivity index (χ4n) is 2.24. The summed E-state index contributed by atoms with van der Waals surface area (Å²) in [6, 6.07) is 6.12. The first-order chi connectivity index (χ1) is 11.9. The Hall–Kier alpha value is -1.86. The molecule has 0 saturated carbocycles. The van der Waals surface area contributed by atoms with Crippen LogP contribution in [0.5, 0.6) is 0 Å². The molecule has 1 N–H and O–H groups in total. The van der Waals surface area contributed by atoms with Crippen LogP contribution >= 0.6 is 23.1 Å². The summed E-state index contributed by atoms with van der Waals surface area (Å²) in [4.78, 5) is 14.1. The van der Waals surface area contributed by atoms with Gasteiger partial charge in [-0.15, -0.1) is 10.2 Å². The van der Waals surface area contributed by atoms with E-state index >= 15 is 0 Å². The van der Waals surface area contributed by atoms with Crippen LogP contribution in [-0.2, 0) is 4.79 Å². The molecule has 2 aromatic rings. The van der Waals surface area contributed by atoms with Crippen molar-refractivity contribution in [2.24, 2.45) is 0 Å². The van der Waals surface area contributed by atoms with Crippen LogP contribution in [0.3, 0.4) is 0 Å². The van der Waals surface area contributed by atoms with Crippen molar-refractivity contribution >= 4 is 39.8 Å². The Morgan fingerprint density at radius 3 is 2.80 bits per heavy atom. The predicted octanol–water partition coefficient (Wildman–Crippen LogP) is 4.42. The van der Waals surface area contributed by atoms with E-state index in [4.69, 9.17) is 0 Å². The van der Waals surface area contributed by atoms with Gasteiger partial charge in [0.1, 0.15) is 0 Å². The second-order valence-corrected chi connectivity index (χ2v) is 8.10. The van der Waals surface area contributed by atoms with E-state index in [-0.39, 0.29) is 5.91 Å². The second kappa shape index (κ2) is 9.01. The smallest absolute Gasteiger partial charge is 0.233 e. The monoisotopic (exact) mass is 376 g/mol. The minimum atomic E-state index is 0.0923. The number of anilines is 2. The van der Waals surface area contributed by atoms with Crippen LogP contribution in [0.2, 0.25) is 0 Å². The molecule has 2 rings (SSSR count). The van der Waals surface area contributed by atoms with Crippen LogP contribution in [-0.4, -0.2) is 39.8 Å². The number of likely N-dealkylation sites (N-methyl/N-ethyl adjacent to an activating group) is 1. The standard InChI is InChI=1S/C18H24N4OS2/c1-6-22(10-12(2)3)16(23)11-24-18-21-20-17(25-18)19-15-9-7-8-13(4)14(15)5/h7-9H,2,6,10-11H2,1,3-5H3,(H,19,20). The summed E-state index contributed by atoms with van der Waals surface area (Å²) in [6.45, 7) is 13.2. The van der Waals surface area contributed by atoms with Gasteiger partial charge in [0.2, 0.25) is 11.0 Å². The molecule has 0 unspecified atom stereocenters. The maximum Gasteiger partial charge on any atom is 0.233 e. The van der Waals surface area contributed by atoms with E-state index in [0.29, 0.717) is 18.8 Å². The summed E-state index contributed by atoms with van der Waals surface area (Å²) >= 11 is 2.88. The molecule has 134 valence electrons. The zero-order chi connectivity index (χ0) is 18.4. The van der Waals surface area contributed by atoms with Gasteiger partial charge in [0.25, 0.3) is 0 Å². The molecule has 0 atom stereocenters. The Morgan fingerprint density at radius 2 is 2.12 bits per heavy atom. The topological polar surface area (TPSA) is 58.1 Å². The van der Waals surface area contributed by atoms with Gasteiger partial charge in [0.15, 0.2) is 4.34 Å². The van der Waals surface area contributed by atoms with Crippen molar-refractivity contribution in [3.05, 3.63) is 41.5 Å². The Morgan fingerprint density at radius 1 is 1.36 bits per heavy atom. The van der Waals surface area contributed by atoms with E-state index in [1.807, 2.05) is 26.0 Å². The van der Waals surface area contributed by atoms with Crippen LogP contribution < -0.4 is 5.32 Å². The molecular weight excluding hydrogens is 352 g/mol. The van der Waals surface area contributed by atoms with E-state index in [9.17, 15) is 4.79 Å². The van der Waals surface area contributed by atoms with Crippen LogP contribution in [0.1, 0.15) is 25.0 Å². The molecule has 7 heteroatoms. The highest BCUT2D eigenvalue weighted by Gasteiger charge is 2.14. The summed E-state index contributed by atoms with van der Waals surface area (Å²) < 4.78 is 0.785. The number of aryl methyl sites for hydroxylation is 1.